The Labute approximate surface area is 176 Å². The van der Waals surface area contributed by atoms with Gasteiger partial charge in [0, 0.05) is 5.69 Å². The number of piperazine rings is 1. The molecule has 0 aliphatic carbocycles. The molecule has 29 heavy (non-hydrogen) atoms. The minimum atomic E-state index is -0.0366. The summed E-state index contributed by atoms with van der Waals surface area (Å²) in [6.07, 6.45) is 0.890. The summed E-state index contributed by atoms with van der Waals surface area (Å²) in [6.45, 7) is 6.43. The number of aryl methyl sites for hydroxylation is 1. The van der Waals surface area contributed by atoms with Gasteiger partial charge in [-0.25, -0.2) is 0 Å². The maximum atomic E-state index is 12.4. The number of hydrogen-bond acceptors (Lipinski definition) is 2. The number of para-hydroxylation sites is 2. The molecule has 2 aromatic carbocycles. The van der Waals surface area contributed by atoms with Crippen molar-refractivity contribution in [2.24, 2.45) is 0 Å². The van der Waals surface area contributed by atoms with Gasteiger partial charge in [-0.2, -0.15) is 0 Å². The summed E-state index contributed by atoms with van der Waals surface area (Å²) in [5, 5.41) is 6.46. The van der Waals surface area contributed by atoms with Crippen molar-refractivity contribution in [1.82, 2.24) is 0 Å². The van der Waals surface area contributed by atoms with E-state index in [0.717, 1.165) is 43.9 Å². The zero-order valence-corrected chi connectivity index (χ0v) is 17.5. The number of nitrogens with one attached hydrogen (secondary N) is 4. The number of hydrogen-bond donors (Lipinski definition) is 4. The highest BCUT2D eigenvalue weighted by Gasteiger charge is 2.26. The van der Waals surface area contributed by atoms with Crippen LogP contribution in [0, 0.1) is 0 Å². The van der Waals surface area contributed by atoms with Crippen molar-refractivity contribution < 1.29 is 19.4 Å². The van der Waals surface area contributed by atoms with Gasteiger partial charge in [0.1, 0.15) is 26.2 Å². The molecular formula is C22H29ClN4O2+2. The number of carbonyl (C=O) groups is 2. The lowest BCUT2D eigenvalue weighted by atomic mass is 10.1. The fraction of sp³-hybridized carbons (Fsp3) is 0.364. The average Bonchev–Trinajstić information content (AvgIpc) is 2.71. The first-order valence-corrected chi connectivity index (χ1v) is 10.5. The van der Waals surface area contributed by atoms with Crippen LogP contribution >= 0.6 is 11.6 Å². The third kappa shape index (κ3) is 6.29. The van der Waals surface area contributed by atoms with E-state index in [1.165, 1.54) is 9.80 Å². The van der Waals surface area contributed by atoms with Gasteiger partial charge < -0.3 is 20.4 Å². The van der Waals surface area contributed by atoms with E-state index in [-0.39, 0.29) is 11.8 Å². The van der Waals surface area contributed by atoms with Crippen LogP contribution < -0.4 is 20.4 Å². The Hall–Kier alpha value is -2.41. The van der Waals surface area contributed by atoms with Crippen molar-refractivity contribution >= 4 is 34.8 Å². The van der Waals surface area contributed by atoms with Crippen LogP contribution in [0.5, 0.6) is 0 Å². The van der Waals surface area contributed by atoms with Gasteiger partial charge in [0.2, 0.25) is 0 Å². The van der Waals surface area contributed by atoms with Crippen LogP contribution in [0.3, 0.4) is 0 Å². The van der Waals surface area contributed by atoms with E-state index in [4.69, 9.17) is 11.6 Å². The molecule has 1 fully saturated rings. The molecule has 0 unspecified atom stereocenters. The molecule has 3 rings (SSSR count). The molecule has 0 saturated carbocycles. The molecule has 4 N–H and O–H groups in total. The molecule has 1 heterocycles. The Kier molecular flexibility index (Phi) is 7.63. The number of carbonyl (C=O) groups excluding carboxylic acids is 2. The van der Waals surface area contributed by atoms with Crippen LogP contribution in [0.2, 0.25) is 5.02 Å². The van der Waals surface area contributed by atoms with Crippen molar-refractivity contribution in [3.63, 3.8) is 0 Å². The fourth-order valence-electron chi connectivity index (χ4n) is 3.67. The third-order valence-corrected chi connectivity index (χ3v) is 5.64. The maximum absolute atomic E-state index is 12.4. The van der Waals surface area contributed by atoms with Crippen LogP contribution in [0.15, 0.2) is 48.5 Å². The second kappa shape index (κ2) is 10.4. The van der Waals surface area contributed by atoms with Crippen LogP contribution in [0.1, 0.15) is 12.5 Å². The van der Waals surface area contributed by atoms with E-state index in [0.29, 0.717) is 23.8 Å². The molecule has 0 aromatic heterocycles. The van der Waals surface area contributed by atoms with Crippen molar-refractivity contribution in [2.45, 2.75) is 13.3 Å². The number of rotatable bonds is 7. The molecule has 0 bridgehead atoms. The van der Waals surface area contributed by atoms with Crippen LogP contribution in [-0.4, -0.2) is 51.1 Å². The quantitative estimate of drug-likeness (QED) is 0.523. The topological polar surface area (TPSA) is 67.1 Å². The highest BCUT2D eigenvalue weighted by Crippen LogP contribution is 2.19. The maximum Gasteiger partial charge on any atom is 0.279 e. The van der Waals surface area contributed by atoms with Crippen molar-refractivity contribution in [1.29, 1.82) is 0 Å². The number of anilines is 2. The van der Waals surface area contributed by atoms with Gasteiger partial charge in [-0.15, -0.1) is 0 Å². The second-order valence-electron chi connectivity index (χ2n) is 7.44. The van der Waals surface area contributed by atoms with E-state index in [9.17, 15) is 9.59 Å². The molecule has 2 aromatic rings. The predicted molar refractivity (Wildman–Crippen MR) is 116 cm³/mol. The van der Waals surface area contributed by atoms with Crippen molar-refractivity contribution in [2.75, 3.05) is 49.9 Å². The molecule has 2 amide bonds. The lowest BCUT2D eigenvalue weighted by molar-refractivity contribution is -1.00. The summed E-state index contributed by atoms with van der Waals surface area (Å²) in [7, 11) is 0. The predicted octanol–water partition coefficient (Wildman–Crippen LogP) is 0.263. The lowest BCUT2D eigenvalue weighted by Gasteiger charge is -2.29. The molecule has 1 saturated heterocycles. The number of benzene rings is 2. The Bertz CT molecular complexity index is 850. The van der Waals surface area contributed by atoms with Crippen LogP contribution in [0.4, 0.5) is 11.4 Å². The van der Waals surface area contributed by atoms with Gasteiger partial charge >= 0.3 is 0 Å². The monoisotopic (exact) mass is 416 g/mol. The van der Waals surface area contributed by atoms with Gasteiger partial charge in [-0.3, -0.25) is 9.59 Å². The van der Waals surface area contributed by atoms with Gasteiger partial charge in [0.25, 0.3) is 11.8 Å². The first kappa shape index (κ1) is 21.3. The fourth-order valence-corrected chi connectivity index (χ4v) is 3.85. The summed E-state index contributed by atoms with van der Waals surface area (Å²) < 4.78 is 0. The zero-order valence-electron chi connectivity index (χ0n) is 16.8. The second-order valence-corrected chi connectivity index (χ2v) is 7.85. The minimum absolute atomic E-state index is 0.0366. The molecule has 1 aliphatic rings. The molecule has 6 nitrogen and oxygen atoms in total. The van der Waals surface area contributed by atoms with Gasteiger partial charge in [0.05, 0.1) is 10.7 Å². The Morgan fingerprint density at radius 2 is 1.31 bits per heavy atom. The number of quaternary nitrogens is 2. The van der Waals surface area contributed by atoms with Gasteiger partial charge in [0.15, 0.2) is 13.1 Å². The summed E-state index contributed by atoms with van der Waals surface area (Å²) in [4.78, 5) is 27.2. The van der Waals surface area contributed by atoms with Crippen molar-refractivity contribution in [3.05, 3.63) is 59.1 Å². The first-order chi connectivity index (χ1) is 14.0. The number of amides is 2. The molecule has 154 valence electrons. The van der Waals surface area contributed by atoms with E-state index < -0.39 is 0 Å². The zero-order chi connectivity index (χ0) is 20.6. The average molecular weight is 417 g/mol. The lowest BCUT2D eigenvalue weighted by Crippen LogP contribution is -3.28. The standard InChI is InChI=1S/C22H27ClN4O2/c1-2-17-7-3-5-9-19(17)24-21(28)15-26-11-13-27(14-12-26)16-22(29)25-20-10-6-4-8-18(20)23/h3-10H,2,11-16H2,1H3,(H,24,28)(H,25,29)/p+2. The van der Waals surface area contributed by atoms with Crippen LogP contribution in [0.25, 0.3) is 0 Å². The summed E-state index contributed by atoms with van der Waals surface area (Å²) in [5.74, 6) is 0.00581. The molecule has 7 heteroatoms. The Morgan fingerprint density at radius 3 is 1.86 bits per heavy atom. The third-order valence-electron chi connectivity index (χ3n) is 5.31. The van der Waals surface area contributed by atoms with Crippen LogP contribution in [-0.2, 0) is 16.0 Å². The Balaban J connectivity index is 1.41. The summed E-state index contributed by atoms with van der Waals surface area (Å²) in [6, 6.07) is 15.2. The smallest absolute Gasteiger partial charge is 0.279 e. The minimum Gasteiger partial charge on any atom is -0.321 e. The number of halogens is 1. The normalized spacial score (nSPS) is 18.8. The van der Waals surface area contributed by atoms with E-state index in [2.05, 4.69) is 17.6 Å². The highest BCUT2D eigenvalue weighted by molar-refractivity contribution is 6.33. The van der Waals surface area contributed by atoms with E-state index in [1.54, 1.807) is 12.1 Å². The summed E-state index contributed by atoms with van der Waals surface area (Å²) >= 11 is 6.09. The largest absolute Gasteiger partial charge is 0.321 e. The molecule has 0 atom stereocenters. The van der Waals surface area contributed by atoms with Gasteiger partial charge in [-0.1, -0.05) is 48.9 Å². The molecule has 1 aliphatic heterocycles. The summed E-state index contributed by atoms with van der Waals surface area (Å²) in [5.41, 5.74) is 2.70. The molecule has 0 radical (unpaired) electrons. The van der Waals surface area contributed by atoms with E-state index >= 15 is 0 Å². The van der Waals surface area contributed by atoms with Crippen molar-refractivity contribution in [3.8, 4) is 0 Å². The highest BCUT2D eigenvalue weighted by atomic mass is 35.5. The van der Waals surface area contributed by atoms with Gasteiger partial charge in [-0.05, 0) is 30.2 Å². The molecule has 0 spiro atoms. The molecular weight excluding hydrogens is 388 g/mol. The SMILES string of the molecule is CCc1ccccc1NC(=O)C[NH+]1CC[NH+](CC(=O)Nc2ccccc2Cl)CC1. The Morgan fingerprint density at radius 1 is 0.828 bits per heavy atom. The van der Waals surface area contributed by atoms with E-state index in [1.807, 2.05) is 36.4 Å². The first-order valence-electron chi connectivity index (χ1n) is 10.1.